The molecule has 2 aromatic rings. The predicted molar refractivity (Wildman–Crippen MR) is 53.3 cm³/mol. The van der Waals surface area contributed by atoms with Gasteiger partial charge < -0.3 is 15.2 Å². The summed E-state index contributed by atoms with van der Waals surface area (Å²) in [5, 5.41) is 7.12. The van der Waals surface area contributed by atoms with Gasteiger partial charge in [-0.15, -0.1) is 0 Å². The first-order valence-electron chi connectivity index (χ1n) is 4.28. The number of carboxylic acids is 1. The predicted octanol–water partition coefficient (Wildman–Crippen LogP) is 1.55. The van der Waals surface area contributed by atoms with Gasteiger partial charge in [0.15, 0.2) is 0 Å². The molecule has 8 heteroatoms. The highest BCUT2D eigenvalue weighted by atomic mass is 19.4. The van der Waals surface area contributed by atoms with Crippen molar-refractivity contribution in [2.45, 2.75) is 6.18 Å². The zero-order valence-corrected chi connectivity index (χ0v) is 8.35. The second-order valence-electron chi connectivity index (χ2n) is 2.99. The molecule has 0 aliphatic carbocycles. The number of anilines is 1. The molecule has 0 aromatic carbocycles. The number of rotatable bonds is 0. The number of carboxylic acid groups (broad SMARTS) is 1. The highest BCUT2D eigenvalue weighted by molar-refractivity contribution is 5.73. The van der Waals surface area contributed by atoms with Crippen LogP contribution in [-0.2, 0) is 4.79 Å². The summed E-state index contributed by atoms with van der Waals surface area (Å²) in [4.78, 5) is 12.8. The van der Waals surface area contributed by atoms with Crippen molar-refractivity contribution < 1.29 is 23.1 Å². The molecular formula is C9H8F3N3O2. The van der Waals surface area contributed by atoms with Crippen molar-refractivity contribution in [1.82, 2.24) is 9.38 Å². The van der Waals surface area contributed by atoms with E-state index in [0.717, 1.165) is 11.2 Å². The van der Waals surface area contributed by atoms with Gasteiger partial charge in [-0.25, -0.2) is 9.78 Å². The molecule has 3 N–H and O–H groups in total. The SMILES string of the molecule is Nc1ccn2cncc2c1.O=C(O)C(F)(F)F. The Morgan fingerprint density at radius 2 is 2.06 bits per heavy atom. The van der Waals surface area contributed by atoms with Gasteiger partial charge in [0.05, 0.1) is 18.0 Å². The number of hydrogen-bond acceptors (Lipinski definition) is 3. The third kappa shape index (κ3) is 3.67. The van der Waals surface area contributed by atoms with E-state index in [1.165, 1.54) is 0 Å². The van der Waals surface area contributed by atoms with Gasteiger partial charge in [-0.3, -0.25) is 0 Å². The van der Waals surface area contributed by atoms with E-state index in [9.17, 15) is 13.2 Å². The van der Waals surface area contributed by atoms with Crippen LogP contribution in [0.25, 0.3) is 5.52 Å². The Bertz CT molecular complexity index is 521. The summed E-state index contributed by atoms with van der Waals surface area (Å²) in [5.41, 5.74) is 7.34. The summed E-state index contributed by atoms with van der Waals surface area (Å²) in [5.74, 6) is -2.76. The Kier molecular flexibility index (Phi) is 3.56. The molecule has 2 heterocycles. The van der Waals surface area contributed by atoms with Crippen LogP contribution in [0.15, 0.2) is 30.9 Å². The summed E-state index contributed by atoms with van der Waals surface area (Å²) in [6.45, 7) is 0. The number of imidazole rings is 1. The first-order chi connectivity index (χ1) is 7.80. The summed E-state index contributed by atoms with van der Waals surface area (Å²) in [6, 6.07) is 3.72. The molecule has 2 aromatic heterocycles. The number of aromatic nitrogens is 2. The van der Waals surface area contributed by atoms with Crippen LogP contribution in [0.3, 0.4) is 0 Å². The second kappa shape index (κ2) is 4.73. The van der Waals surface area contributed by atoms with E-state index in [1.807, 2.05) is 22.7 Å². The molecule has 0 fully saturated rings. The third-order valence-corrected chi connectivity index (χ3v) is 1.68. The Labute approximate surface area is 93.3 Å². The van der Waals surface area contributed by atoms with Gasteiger partial charge in [-0.05, 0) is 12.1 Å². The minimum atomic E-state index is -5.08. The van der Waals surface area contributed by atoms with E-state index < -0.39 is 12.1 Å². The number of aliphatic carboxylic acids is 1. The number of fused-ring (bicyclic) bond motifs is 1. The first kappa shape index (κ1) is 12.8. The largest absolute Gasteiger partial charge is 0.490 e. The third-order valence-electron chi connectivity index (χ3n) is 1.68. The van der Waals surface area contributed by atoms with Crippen molar-refractivity contribution in [2.75, 3.05) is 5.73 Å². The fraction of sp³-hybridized carbons (Fsp3) is 0.111. The molecule has 0 atom stereocenters. The summed E-state index contributed by atoms with van der Waals surface area (Å²) in [7, 11) is 0. The number of nitrogens with zero attached hydrogens (tertiary/aromatic N) is 2. The molecule has 0 aliphatic rings. The fourth-order valence-electron chi connectivity index (χ4n) is 0.936. The Hall–Kier alpha value is -2.25. The maximum Gasteiger partial charge on any atom is 0.490 e. The molecule has 0 unspecified atom stereocenters. The molecule has 0 aliphatic heterocycles. The number of hydrogen-bond donors (Lipinski definition) is 2. The number of pyridine rings is 1. The summed E-state index contributed by atoms with van der Waals surface area (Å²) in [6.07, 6.45) is 0.322. The molecule has 5 nitrogen and oxygen atoms in total. The van der Waals surface area contributed by atoms with E-state index in [0.29, 0.717) is 0 Å². The van der Waals surface area contributed by atoms with Crippen LogP contribution in [0.2, 0.25) is 0 Å². The molecule has 0 radical (unpaired) electrons. The highest BCUT2D eigenvalue weighted by Gasteiger charge is 2.38. The molecule has 2 rings (SSSR count). The topological polar surface area (TPSA) is 80.6 Å². The maximum absolute atomic E-state index is 10.6. The quantitative estimate of drug-likeness (QED) is 0.740. The molecule has 0 saturated heterocycles. The van der Waals surface area contributed by atoms with Crippen molar-refractivity contribution >= 4 is 17.2 Å². The molecular weight excluding hydrogens is 239 g/mol. The van der Waals surface area contributed by atoms with Crippen molar-refractivity contribution in [2.24, 2.45) is 0 Å². The minimum Gasteiger partial charge on any atom is -0.475 e. The lowest BCUT2D eigenvalue weighted by Gasteiger charge is -1.93. The fourth-order valence-corrected chi connectivity index (χ4v) is 0.936. The zero-order chi connectivity index (χ0) is 13.1. The van der Waals surface area contributed by atoms with Gasteiger partial charge in [0, 0.05) is 11.9 Å². The van der Waals surface area contributed by atoms with Gasteiger partial charge >= 0.3 is 12.1 Å². The Morgan fingerprint density at radius 3 is 2.59 bits per heavy atom. The van der Waals surface area contributed by atoms with Crippen LogP contribution < -0.4 is 5.73 Å². The van der Waals surface area contributed by atoms with Gasteiger partial charge in [0.2, 0.25) is 0 Å². The lowest BCUT2D eigenvalue weighted by atomic mass is 10.4. The number of halogens is 3. The van der Waals surface area contributed by atoms with Crippen LogP contribution in [0.1, 0.15) is 0 Å². The Morgan fingerprint density at radius 1 is 1.47 bits per heavy atom. The van der Waals surface area contributed by atoms with E-state index in [4.69, 9.17) is 15.6 Å². The monoisotopic (exact) mass is 247 g/mol. The van der Waals surface area contributed by atoms with Gasteiger partial charge in [0.25, 0.3) is 0 Å². The normalized spacial score (nSPS) is 10.8. The van der Waals surface area contributed by atoms with Crippen molar-refractivity contribution in [3.05, 3.63) is 30.9 Å². The maximum atomic E-state index is 10.6. The van der Waals surface area contributed by atoms with Crippen LogP contribution in [0, 0.1) is 0 Å². The number of alkyl halides is 3. The molecule has 0 spiro atoms. The molecule has 0 saturated carbocycles. The van der Waals surface area contributed by atoms with Crippen molar-refractivity contribution in [1.29, 1.82) is 0 Å². The van der Waals surface area contributed by atoms with Crippen LogP contribution in [0.5, 0.6) is 0 Å². The number of nitrogens with two attached hydrogens (primary N) is 1. The molecule has 0 amide bonds. The number of carbonyl (C=O) groups is 1. The van der Waals surface area contributed by atoms with Crippen LogP contribution >= 0.6 is 0 Å². The van der Waals surface area contributed by atoms with Crippen molar-refractivity contribution in [3.63, 3.8) is 0 Å². The highest BCUT2D eigenvalue weighted by Crippen LogP contribution is 2.13. The lowest BCUT2D eigenvalue weighted by molar-refractivity contribution is -0.192. The molecule has 92 valence electrons. The average molecular weight is 247 g/mol. The minimum absolute atomic E-state index is 0.771. The summed E-state index contributed by atoms with van der Waals surface area (Å²) >= 11 is 0. The van der Waals surface area contributed by atoms with E-state index in [1.54, 1.807) is 12.5 Å². The lowest BCUT2D eigenvalue weighted by Crippen LogP contribution is -2.21. The molecule has 17 heavy (non-hydrogen) atoms. The summed E-state index contributed by atoms with van der Waals surface area (Å²) < 4.78 is 33.6. The zero-order valence-electron chi connectivity index (χ0n) is 8.35. The van der Waals surface area contributed by atoms with E-state index in [2.05, 4.69) is 4.98 Å². The average Bonchev–Trinajstić information content (AvgIpc) is 2.63. The standard InChI is InChI=1S/C7H7N3.C2HF3O2/c8-6-1-2-10-5-9-4-7(10)3-6;3-2(4,5)1(6)7/h1-5H,8H2;(H,6,7). The first-order valence-corrected chi connectivity index (χ1v) is 4.28. The van der Waals surface area contributed by atoms with Crippen LogP contribution in [-0.4, -0.2) is 26.6 Å². The van der Waals surface area contributed by atoms with E-state index >= 15 is 0 Å². The van der Waals surface area contributed by atoms with E-state index in [-0.39, 0.29) is 0 Å². The van der Waals surface area contributed by atoms with Gasteiger partial charge in [-0.2, -0.15) is 13.2 Å². The molecule has 0 bridgehead atoms. The van der Waals surface area contributed by atoms with Gasteiger partial charge in [-0.1, -0.05) is 0 Å². The second-order valence-corrected chi connectivity index (χ2v) is 2.99. The van der Waals surface area contributed by atoms with Gasteiger partial charge in [0.1, 0.15) is 0 Å². The smallest absolute Gasteiger partial charge is 0.475 e. The number of nitrogen functional groups attached to an aromatic ring is 1. The van der Waals surface area contributed by atoms with Crippen molar-refractivity contribution in [3.8, 4) is 0 Å². The van der Waals surface area contributed by atoms with Crippen LogP contribution in [0.4, 0.5) is 18.9 Å². The Balaban J connectivity index is 0.000000185.